The van der Waals surface area contributed by atoms with Gasteiger partial charge in [0.05, 0.1) is 5.52 Å². The number of nitrogens with zero attached hydrogens (tertiary/aromatic N) is 3. The van der Waals surface area contributed by atoms with Crippen LogP contribution in [0.25, 0.3) is 10.9 Å². The van der Waals surface area contributed by atoms with Gasteiger partial charge in [-0.2, -0.15) is 0 Å². The van der Waals surface area contributed by atoms with Gasteiger partial charge in [-0.15, -0.1) is 10.2 Å². The summed E-state index contributed by atoms with van der Waals surface area (Å²) in [6.45, 7) is 3.99. The minimum absolute atomic E-state index is 0.975. The average Bonchev–Trinajstić information content (AvgIpc) is 2.74. The molecular formula is C13H11N3S2. The van der Waals surface area contributed by atoms with E-state index >= 15 is 0 Å². The van der Waals surface area contributed by atoms with Gasteiger partial charge < -0.3 is 0 Å². The zero-order chi connectivity index (χ0) is 12.5. The van der Waals surface area contributed by atoms with E-state index in [2.05, 4.69) is 27.3 Å². The number of aromatic nitrogens is 3. The number of para-hydroxylation sites is 1. The van der Waals surface area contributed by atoms with Crippen molar-refractivity contribution < 1.29 is 0 Å². The van der Waals surface area contributed by atoms with Crippen molar-refractivity contribution in [1.29, 1.82) is 0 Å². The lowest BCUT2D eigenvalue weighted by Gasteiger charge is -2.05. The summed E-state index contributed by atoms with van der Waals surface area (Å²) in [4.78, 5) is 5.73. The predicted octanol–water partition coefficient (Wildman–Crippen LogP) is 3.85. The average molecular weight is 273 g/mol. The normalized spacial score (nSPS) is 11.0. The highest BCUT2D eigenvalue weighted by atomic mass is 32.2. The molecule has 3 aromatic rings. The number of pyridine rings is 1. The van der Waals surface area contributed by atoms with Gasteiger partial charge in [0.15, 0.2) is 4.34 Å². The van der Waals surface area contributed by atoms with Crippen LogP contribution in [-0.4, -0.2) is 15.2 Å². The van der Waals surface area contributed by atoms with Crippen LogP contribution in [0.1, 0.15) is 10.7 Å². The Bertz CT molecular complexity index is 706. The van der Waals surface area contributed by atoms with Crippen molar-refractivity contribution in [3.63, 3.8) is 0 Å². The van der Waals surface area contributed by atoms with Gasteiger partial charge in [-0.05, 0) is 26.0 Å². The van der Waals surface area contributed by atoms with Crippen LogP contribution in [0.4, 0.5) is 0 Å². The van der Waals surface area contributed by atoms with Crippen LogP contribution in [0.15, 0.2) is 39.6 Å². The van der Waals surface area contributed by atoms with Crippen molar-refractivity contribution in [3.05, 3.63) is 41.0 Å². The first-order valence-corrected chi connectivity index (χ1v) is 7.20. The molecule has 0 spiro atoms. The van der Waals surface area contributed by atoms with E-state index in [0.717, 1.165) is 20.6 Å². The van der Waals surface area contributed by atoms with E-state index < -0.39 is 0 Å². The van der Waals surface area contributed by atoms with Gasteiger partial charge in [-0.3, -0.25) is 4.98 Å². The third-order valence-corrected chi connectivity index (χ3v) is 4.46. The number of fused-ring (bicyclic) bond motifs is 1. The fourth-order valence-corrected chi connectivity index (χ4v) is 3.76. The van der Waals surface area contributed by atoms with Gasteiger partial charge in [0.25, 0.3) is 0 Å². The molecule has 0 aliphatic heterocycles. The highest BCUT2D eigenvalue weighted by Gasteiger charge is 2.08. The SMILES string of the molecule is Cc1cc(Sc2nnc(C)s2)c2ccccc2n1. The molecule has 0 bridgehead atoms. The molecule has 0 atom stereocenters. The Morgan fingerprint density at radius 3 is 2.72 bits per heavy atom. The molecule has 0 unspecified atom stereocenters. The van der Waals surface area contributed by atoms with Crippen molar-refractivity contribution in [1.82, 2.24) is 15.2 Å². The van der Waals surface area contributed by atoms with Crippen molar-refractivity contribution in [2.24, 2.45) is 0 Å². The Labute approximate surface area is 113 Å². The number of aryl methyl sites for hydroxylation is 2. The summed E-state index contributed by atoms with van der Waals surface area (Å²) >= 11 is 3.27. The first kappa shape index (κ1) is 11.6. The maximum absolute atomic E-state index is 4.54. The van der Waals surface area contributed by atoms with Crippen LogP contribution in [0.3, 0.4) is 0 Å². The van der Waals surface area contributed by atoms with Crippen molar-refractivity contribution in [3.8, 4) is 0 Å². The van der Waals surface area contributed by atoms with Gasteiger partial charge >= 0.3 is 0 Å². The van der Waals surface area contributed by atoms with Crippen molar-refractivity contribution in [2.75, 3.05) is 0 Å². The molecule has 0 saturated carbocycles. The molecule has 5 heteroatoms. The molecule has 18 heavy (non-hydrogen) atoms. The minimum Gasteiger partial charge on any atom is -0.253 e. The summed E-state index contributed by atoms with van der Waals surface area (Å²) in [5.74, 6) is 0. The van der Waals surface area contributed by atoms with Crippen LogP contribution in [0.5, 0.6) is 0 Å². The Hall–Kier alpha value is -1.46. The van der Waals surface area contributed by atoms with E-state index in [4.69, 9.17) is 0 Å². The topological polar surface area (TPSA) is 38.7 Å². The molecule has 2 heterocycles. The highest BCUT2D eigenvalue weighted by Crippen LogP contribution is 2.34. The molecule has 0 aliphatic rings. The summed E-state index contributed by atoms with van der Waals surface area (Å²) in [5.41, 5.74) is 2.05. The molecule has 0 radical (unpaired) electrons. The Morgan fingerprint density at radius 1 is 1.11 bits per heavy atom. The van der Waals surface area contributed by atoms with Gasteiger partial charge in [-0.25, -0.2) is 0 Å². The molecule has 0 saturated heterocycles. The van der Waals surface area contributed by atoms with Gasteiger partial charge in [0.1, 0.15) is 5.01 Å². The number of hydrogen-bond acceptors (Lipinski definition) is 5. The molecule has 0 N–H and O–H groups in total. The van der Waals surface area contributed by atoms with E-state index in [1.165, 1.54) is 10.3 Å². The molecular weight excluding hydrogens is 262 g/mol. The van der Waals surface area contributed by atoms with E-state index in [-0.39, 0.29) is 0 Å². The second-order valence-corrected chi connectivity index (χ2v) is 6.44. The van der Waals surface area contributed by atoms with E-state index in [1.807, 2.05) is 32.0 Å². The van der Waals surface area contributed by atoms with Crippen LogP contribution in [-0.2, 0) is 0 Å². The predicted molar refractivity (Wildman–Crippen MR) is 75.2 cm³/mol. The van der Waals surface area contributed by atoms with Crippen molar-refractivity contribution >= 4 is 34.0 Å². The van der Waals surface area contributed by atoms with Crippen LogP contribution in [0.2, 0.25) is 0 Å². The first-order chi connectivity index (χ1) is 8.72. The zero-order valence-corrected chi connectivity index (χ0v) is 11.7. The Morgan fingerprint density at radius 2 is 1.94 bits per heavy atom. The quantitative estimate of drug-likeness (QED) is 0.711. The van der Waals surface area contributed by atoms with Crippen LogP contribution in [0, 0.1) is 13.8 Å². The molecule has 3 rings (SSSR count). The summed E-state index contributed by atoms with van der Waals surface area (Å²) < 4.78 is 0.975. The van der Waals surface area contributed by atoms with E-state index in [1.54, 1.807) is 23.1 Å². The van der Waals surface area contributed by atoms with Crippen LogP contribution < -0.4 is 0 Å². The fourth-order valence-electron chi connectivity index (χ4n) is 1.77. The molecule has 1 aromatic carbocycles. The minimum atomic E-state index is 0.975. The molecule has 0 amide bonds. The maximum atomic E-state index is 4.54. The molecule has 2 aromatic heterocycles. The second-order valence-electron chi connectivity index (χ2n) is 3.97. The first-order valence-electron chi connectivity index (χ1n) is 5.57. The number of rotatable bonds is 2. The largest absolute Gasteiger partial charge is 0.253 e. The summed E-state index contributed by atoms with van der Waals surface area (Å²) in [7, 11) is 0. The van der Waals surface area contributed by atoms with E-state index in [0.29, 0.717) is 0 Å². The van der Waals surface area contributed by atoms with Gasteiger partial charge in [-0.1, -0.05) is 41.3 Å². The Balaban J connectivity index is 2.10. The third-order valence-electron chi connectivity index (χ3n) is 2.51. The number of hydrogen-bond donors (Lipinski definition) is 0. The third kappa shape index (κ3) is 2.23. The van der Waals surface area contributed by atoms with Crippen LogP contribution >= 0.6 is 23.1 Å². The summed E-state index contributed by atoms with van der Waals surface area (Å²) in [5, 5.41) is 10.4. The summed E-state index contributed by atoms with van der Waals surface area (Å²) in [6.07, 6.45) is 0. The monoisotopic (exact) mass is 273 g/mol. The van der Waals surface area contributed by atoms with E-state index in [9.17, 15) is 0 Å². The molecule has 3 nitrogen and oxygen atoms in total. The zero-order valence-electron chi connectivity index (χ0n) is 10.0. The highest BCUT2D eigenvalue weighted by molar-refractivity contribution is 8.01. The number of benzene rings is 1. The molecule has 90 valence electrons. The lowest BCUT2D eigenvalue weighted by atomic mass is 10.2. The smallest absolute Gasteiger partial charge is 0.179 e. The lowest BCUT2D eigenvalue weighted by molar-refractivity contribution is 0.984. The fraction of sp³-hybridized carbons (Fsp3) is 0.154. The second kappa shape index (κ2) is 4.66. The van der Waals surface area contributed by atoms with Gasteiger partial charge in [0, 0.05) is 16.0 Å². The lowest BCUT2D eigenvalue weighted by Crippen LogP contribution is -1.86. The standard InChI is InChI=1S/C13H11N3S2/c1-8-7-12(18-13-16-15-9(2)17-13)10-5-3-4-6-11(10)14-8/h3-7H,1-2H3. The molecule has 0 aliphatic carbocycles. The van der Waals surface area contributed by atoms with Crippen molar-refractivity contribution in [2.45, 2.75) is 23.1 Å². The molecule has 0 fully saturated rings. The maximum Gasteiger partial charge on any atom is 0.179 e. The summed E-state index contributed by atoms with van der Waals surface area (Å²) in [6, 6.07) is 10.3. The van der Waals surface area contributed by atoms with Gasteiger partial charge in [0.2, 0.25) is 0 Å². The Kier molecular flexibility index (Phi) is 3.01.